The second-order valence-electron chi connectivity index (χ2n) is 5.28. The van der Waals surface area contributed by atoms with E-state index in [0.717, 1.165) is 5.56 Å². The highest BCUT2D eigenvalue weighted by atomic mass is 16.1. The zero-order valence-corrected chi connectivity index (χ0v) is 12.1. The van der Waals surface area contributed by atoms with Crippen LogP contribution in [0.5, 0.6) is 0 Å². The van der Waals surface area contributed by atoms with E-state index in [1.807, 2.05) is 12.1 Å². The van der Waals surface area contributed by atoms with Crippen LogP contribution in [0.2, 0.25) is 0 Å². The van der Waals surface area contributed by atoms with Crippen LogP contribution in [0.4, 0.5) is 0 Å². The summed E-state index contributed by atoms with van der Waals surface area (Å²) in [5.74, 6) is 0.133. The Hall–Kier alpha value is -1.57. The predicted octanol–water partition coefficient (Wildman–Crippen LogP) is 4.99. The van der Waals surface area contributed by atoms with Gasteiger partial charge in [-0.1, -0.05) is 26.7 Å². The lowest BCUT2D eigenvalue weighted by Crippen LogP contribution is -2.07. The summed E-state index contributed by atoms with van der Waals surface area (Å²) in [6.07, 6.45) is 7.01. The van der Waals surface area contributed by atoms with Gasteiger partial charge >= 0.3 is 0 Å². The van der Waals surface area contributed by atoms with Crippen molar-refractivity contribution in [2.24, 2.45) is 0 Å². The first kappa shape index (κ1) is 13.9. The minimum absolute atomic E-state index is 0.133. The second kappa shape index (κ2) is 6.05. The van der Waals surface area contributed by atoms with Gasteiger partial charge < -0.3 is 4.57 Å². The smallest absolute Gasteiger partial charge is 0.159 e. The fourth-order valence-corrected chi connectivity index (χ4v) is 2.79. The summed E-state index contributed by atoms with van der Waals surface area (Å²) >= 11 is 0. The number of aromatic nitrogens is 1. The highest BCUT2D eigenvalue weighted by Gasteiger charge is 2.12. The maximum atomic E-state index is 11.4. The molecule has 2 aromatic rings. The fraction of sp³-hybridized carbons (Fsp3) is 0.471. The largest absolute Gasteiger partial charge is 0.344 e. The van der Waals surface area contributed by atoms with Crippen molar-refractivity contribution in [2.45, 2.75) is 52.5 Å². The van der Waals surface area contributed by atoms with Crippen molar-refractivity contribution in [2.75, 3.05) is 0 Å². The van der Waals surface area contributed by atoms with Crippen molar-refractivity contribution in [1.82, 2.24) is 4.57 Å². The number of nitrogens with zero attached hydrogens (tertiary/aromatic N) is 1. The average molecular weight is 257 g/mol. The molecule has 1 heterocycles. The first-order valence-electron chi connectivity index (χ1n) is 7.28. The number of hydrogen-bond donors (Lipinski definition) is 0. The van der Waals surface area contributed by atoms with Crippen LogP contribution in [0.25, 0.3) is 10.9 Å². The molecule has 2 heteroatoms. The van der Waals surface area contributed by atoms with Gasteiger partial charge in [0.1, 0.15) is 0 Å². The topological polar surface area (TPSA) is 22.0 Å². The van der Waals surface area contributed by atoms with E-state index in [2.05, 4.69) is 36.7 Å². The van der Waals surface area contributed by atoms with Crippen molar-refractivity contribution >= 4 is 16.7 Å². The molecule has 0 N–H and O–H groups in total. The number of carbonyl (C=O) groups is 1. The van der Waals surface area contributed by atoms with Crippen LogP contribution in [0, 0.1) is 0 Å². The highest BCUT2D eigenvalue weighted by Crippen LogP contribution is 2.27. The molecule has 0 bridgehead atoms. The molecule has 1 aromatic heterocycles. The molecule has 0 aliphatic rings. The number of fused-ring (bicyclic) bond motifs is 1. The predicted molar refractivity (Wildman–Crippen MR) is 80.8 cm³/mol. The Morgan fingerprint density at radius 1 is 1.16 bits per heavy atom. The van der Waals surface area contributed by atoms with Crippen LogP contribution >= 0.6 is 0 Å². The van der Waals surface area contributed by atoms with Gasteiger partial charge in [0.15, 0.2) is 5.78 Å². The van der Waals surface area contributed by atoms with Gasteiger partial charge in [-0.25, -0.2) is 0 Å². The molecule has 0 aliphatic heterocycles. The first-order valence-corrected chi connectivity index (χ1v) is 7.28. The molecule has 0 spiro atoms. The Morgan fingerprint density at radius 3 is 2.42 bits per heavy atom. The molecule has 0 saturated carbocycles. The van der Waals surface area contributed by atoms with Gasteiger partial charge in [0.25, 0.3) is 0 Å². The van der Waals surface area contributed by atoms with Crippen molar-refractivity contribution < 1.29 is 4.79 Å². The van der Waals surface area contributed by atoms with Gasteiger partial charge in [-0.15, -0.1) is 0 Å². The molecule has 1 aromatic carbocycles. The summed E-state index contributed by atoms with van der Waals surface area (Å²) in [6.45, 7) is 6.10. The number of hydrogen-bond acceptors (Lipinski definition) is 1. The normalized spacial score (nSPS) is 11.4. The Balaban J connectivity index is 2.41. The summed E-state index contributed by atoms with van der Waals surface area (Å²) in [5.41, 5.74) is 2.05. The number of rotatable bonds is 6. The lowest BCUT2D eigenvalue weighted by Gasteiger charge is -2.19. The fourth-order valence-electron chi connectivity index (χ4n) is 2.79. The molecule has 102 valence electrons. The Labute approximate surface area is 115 Å². The van der Waals surface area contributed by atoms with Gasteiger partial charge in [0, 0.05) is 28.7 Å². The van der Waals surface area contributed by atoms with E-state index < -0.39 is 0 Å². The van der Waals surface area contributed by atoms with Crippen LogP contribution in [0.1, 0.15) is 62.9 Å². The molecule has 0 saturated heterocycles. The van der Waals surface area contributed by atoms with Crippen molar-refractivity contribution in [3.8, 4) is 0 Å². The Kier molecular flexibility index (Phi) is 4.41. The zero-order chi connectivity index (χ0) is 13.8. The van der Waals surface area contributed by atoms with Crippen molar-refractivity contribution in [1.29, 1.82) is 0 Å². The summed E-state index contributed by atoms with van der Waals surface area (Å²) in [4.78, 5) is 11.4. The van der Waals surface area contributed by atoms with Crippen LogP contribution in [-0.4, -0.2) is 10.4 Å². The molecule has 0 atom stereocenters. The second-order valence-corrected chi connectivity index (χ2v) is 5.28. The SMILES string of the molecule is CCCC(CCC)n1ccc2cc(C(C)=O)ccc21. The van der Waals surface area contributed by atoms with Gasteiger partial charge in [-0.05, 0) is 44.0 Å². The number of carbonyl (C=O) groups excluding carboxylic acids is 1. The maximum absolute atomic E-state index is 11.4. The molecule has 0 unspecified atom stereocenters. The van der Waals surface area contributed by atoms with E-state index in [9.17, 15) is 4.79 Å². The molecule has 2 rings (SSSR count). The van der Waals surface area contributed by atoms with Crippen molar-refractivity contribution in [3.05, 3.63) is 36.0 Å². The van der Waals surface area contributed by atoms with Crippen LogP contribution in [0.15, 0.2) is 30.5 Å². The third-order valence-corrected chi connectivity index (χ3v) is 3.76. The molecule has 0 radical (unpaired) electrons. The van der Waals surface area contributed by atoms with Crippen LogP contribution in [0.3, 0.4) is 0 Å². The summed E-state index contributed by atoms with van der Waals surface area (Å²) < 4.78 is 2.38. The molecular formula is C17H23NO. The number of benzene rings is 1. The summed E-state index contributed by atoms with van der Waals surface area (Å²) in [5, 5.41) is 1.17. The quantitative estimate of drug-likeness (QED) is 0.668. The highest BCUT2D eigenvalue weighted by molar-refractivity contribution is 5.98. The monoisotopic (exact) mass is 257 g/mol. The lowest BCUT2D eigenvalue weighted by molar-refractivity contribution is 0.101. The van der Waals surface area contributed by atoms with E-state index >= 15 is 0 Å². The molecule has 2 nitrogen and oxygen atoms in total. The number of ketones is 1. The van der Waals surface area contributed by atoms with E-state index in [-0.39, 0.29) is 5.78 Å². The lowest BCUT2D eigenvalue weighted by atomic mass is 10.1. The molecule has 0 amide bonds. The Bertz CT molecular complexity index is 562. The van der Waals surface area contributed by atoms with E-state index in [1.165, 1.54) is 36.6 Å². The zero-order valence-electron chi connectivity index (χ0n) is 12.1. The van der Waals surface area contributed by atoms with E-state index in [4.69, 9.17) is 0 Å². The Morgan fingerprint density at radius 2 is 1.84 bits per heavy atom. The maximum Gasteiger partial charge on any atom is 0.159 e. The van der Waals surface area contributed by atoms with Crippen LogP contribution in [-0.2, 0) is 0 Å². The minimum atomic E-state index is 0.133. The van der Waals surface area contributed by atoms with Crippen molar-refractivity contribution in [3.63, 3.8) is 0 Å². The summed E-state index contributed by atoms with van der Waals surface area (Å²) in [7, 11) is 0. The van der Waals surface area contributed by atoms with Gasteiger partial charge in [0.05, 0.1) is 0 Å². The standard InChI is InChI=1S/C17H23NO/c1-4-6-16(7-5-2)18-11-10-15-12-14(13(3)19)8-9-17(15)18/h8-12,16H,4-7H2,1-3H3. The molecule has 0 fully saturated rings. The van der Waals surface area contributed by atoms with E-state index in [0.29, 0.717) is 6.04 Å². The van der Waals surface area contributed by atoms with Crippen LogP contribution < -0.4 is 0 Å². The number of Topliss-reactive ketones (excluding diaryl/α,β-unsaturated/α-hetero) is 1. The summed E-state index contributed by atoms with van der Waals surface area (Å²) in [6, 6.07) is 8.74. The molecule has 0 aliphatic carbocycles. The average Bonchev–Trinajstić information content (AvgIpc) is 2.81. The third kappa shape index (κ3) is 2.89. The van der Waals surface area contributed by atoms with Gasteiger partial charge in [0.2, 0.25) is 0 Å². The molecule has 19 heavy (non-hydrogen) atoms. The van der Waals surface area contributed by atoms with Gasteiger partial charge in [-0.2, -0.15) is 0 Å². The van der Waals surface area contributed by atoms with Gasteiger partial charge in [-0.3, -0.25) is 4.79 Å². The third-order valence-electron chi connectivity index (χ3n) is 3.76. The minimum Gasteiger partial charge on any atom is -0.344 e. The first-order chi connectivity index (χ1) is 9.17. The van der Waals surface area contributed by atoms with E-state index in [1.54, 1.807) is 6.92 Å². The molecular weight excluding hydrogens is 234 g/mol.